The molecular formula is C9H12O3S2. The van der Waals surface area contributed by atoms with E-state index in [1.165, 1.54) is 11.3 Å². The van der Waals surface area contributed by atoms with E-state index in [0.717, 1.165) is 12.2 Å². The van der Waals surface area contributed by atoms with Gasteiger partial charge in [0, 0.05) is 11.4 Å². The number of thiophene rings is 1. The third-order valence-corrected chi connectivity index (χ3v) is 3.14. The van der Waals surface area contributed by atoms with Gasteiger partial charge in [0.2, 0.25) is 0 Å². The van der Waals surface area contributed by atoms with E-state index in [0.29, 0.717) is 17.2 Å². The van der Waals surface area contributed by atoms with Crippen LogP contribution in [0.4, 0.5) is 0 Å². The Morgan fingerprint density at radius 3 is 3.07 bits per heavy atom. The molecule has 0 radical (unpaired) electrons. The predicted molar refractivity (Wildman–Crippen MR) is 59.8 cm³/mol. The van der Waals surface area contributed by atoms with E-state index in [9.17, 15) is 4.79 Å². The Labute approximate surface area is 91.1 Å². The number of carbonyl (C=O) groups is 1. The van der Waals surface area contributed by atoms with Crippen molar-refractivity contribution in [3.63, 3.8) is 0 Å². The predicted octanol–water partition coefficient (Wildman–Crippen LogP) is 2.58. The Balaban J connectivity index is 2.33. The van der Waals surface area contributed by atoms with E-state index in [1.54, 1.807) is 23.2 Å². The number of ether oxygens (including phenoxy) is 1. The quantitative estimate of drug-likeness (QED) is 0.766. The number of thioether (sulfide) groups is 1. The van der Waals surface area contributed by atoms with E-state index in [2.05, 4.69) is 0 Å². The minimum Gasteiger partial charge on any atom is -0.493 e. The lowest BCUT2D eigenvalue weighted by molar-refractivity contribution is 0.0702. The van der Waals surface area contributed by atoms with Gasteiger partial charge in [-0.1, -0.05) is 0 Å². The van der Waals surface area contributed by atoms with Gasteiger partial charge in [-0.05, 0) is 18.4 Å². The van der Waals surface area contributed by atoms with Crippen LogP contribution in [0.3, 0.4) is 0 Å². The molecule has 0 aliphatic carbocycles. The molecule has 5 heteroatoms. The molecule has 0 unspecified atom stereocenters. The summed E-state index contributed by atoms with van der Waals surface area (Å²) in [6, 6.07) is 1.56. The van der Waals surface area contributed by atoms with Crippen LogP contribution < -0.4 is 4.74 Å². The molecule has 0 atom stereocenters. The van der Waals surface area contributed by atoms with Crippen LogP contribution in [0.1, 0.15) is 16.1 Å². The van der Waals surface area contributed by atoms with Gasteiger partial charge in [-0.2, -0.15) is 11.8 Å². The first-order chi connectivity index (χ1) is 6.74. The third kappa shape index (κ3) is 3.59. The smallest absolute Gasteiger partial charge is 0.346 e. The molecule has 78 valence electrons. The summed E-state index contributed by atoms with van der Waals surface area (Å²) >= 11 is 2.97. The van der Waals surface area contributed by atoms with Crippen molar-refractivity contribution >= 4 is 29.1 Å². The van der Waals surface area contributed by atoms with Crippen molar-refractivity contribution in [3.05, 3.63) is 16.3 Å². The van der Waals surface area contributed by atoms with Crippen LogP contribution in [0, 0.1) is 0 Å². The summed E-state index contributed by atoms with van der Waals surface area (Å²) < 4.78 is 5.37. The zero-order valence-electron chi connectivity index (χ0n) is 7.86. The van der Waals surface area contributed by atoms with Crippen molar-refractivity contribution in [2.45, 2.75) is 6.42 Å². The van der Waals surface area contributed by atoms with Crippen molar-refractivity contribution in [2.24, 2.45) is 0 Å². The second-order valence-corrected chi connectivity index (χ2v) is 4.54. The number of hydrogen-bond acceptors (Lipinski definition) is 4. The lowest BCUT2D eigenvalue weighted by Crippen LogP contribution is -1.97. The van der Waals surface area contributed by atoms with E-state index in [1.807, 2.05) is 6.26 Å². The van der Waals surface area contributed by atoms with E-state index < -0.39 is 5.97 Å². The van der Waals surface area contributed by atoms with Crippen LogP contribution in [0.25, 0.3) is 0 Å². The van der Waals surface area contributed by atoms with Gasteiger partial charge >= 0.3 is 5.97 Å². The van der Waals surface area contributed by atoms with Gasteiger partial charge in [-0.25, -0.2) is 4.79 Å². The fourth-order valence-electron chi connectivity index (χ4n) is 0.900. The Morgan fingerprint density at radius 1 is 1.71 bits per heavy atom. The molecule has 0 fully saturated rings. The summed E-state index contributed by atoms with van der Waals surface area (Å²) in [5.74, 6) is 0.832. The molecule has 1 aromatic rings. The van der Waals surface area contributed by atoms with Gasteiger partial charge in [0.1, 0.15) is 10.6 Å². The van der Waals surface area contributed by atoms with Gasteiger partial charge in [0.05, 0.1) is 6.61 Å². The number of carboxylic acid groups (broad SMARTS) is 1. The molecule has 0 amide bonds. The number of carboxylic acids is 1. The number of aromatic carboxylic acids is 1. The average Bonchev–Trinajstić information content (AvgIpc) is 2.61. The van der Waals surface area contributed by atoms with Crippen molar-refractivity contribution < 1.29 is 14.6 Å². The van der Waals surface area contributed by atoms with Crippen molar-refractivity contribution in [1.82, 2.24) is 0 Å². The Bertz CT molecular complexity index is 296. The summed E-state index contributed by atoms with van der Waals surface area (Å²) in [5, 5.41) is 10.4. The van der Waals surface area contributed by atoms with Gasteiger partial charge < -0.3 is 9.84 Å². The highest BCUT2D eigenvalue weighted by Gasteiger charge is 2.06. The second kappa shape index (κ2) is 5.93. The Morgan fingerprint density at radius 2 is 2.50 bits per heavy atom. The molecule has 0 aromatic carbocycles. The highest BCUT2D eigenvalue weighted by molar-refractivity contribution is 7.98. The van der Waals surface area contributed by atoms with Crippen LogP contribution in [0.15, 0.2) is 11.4 Å². The molecule has 1 aromatic heterocycles. The molecular weight excluding hydrogens is 220 g/mol. The topological polar surface area (TPSA) is 46.5 Å². The normalized spacial score (nSPS) is 10.1. The average molecular weight is 232 g/mol. The number of hydrogen-bond donors (Lipinski definition) is 1. The molecule has 0 spiro atoms. The molecule has 0 aliphatic rings. The summed E-state index contributed by atoms with van der Waals surface area (Å²) in [6.07, 6.45) is 3.03. The first kappa shape index (κ1) is 11.4. The van der Waals surface area contributed by atoms with E-state index >= 15 is 0 Å². The van der Waals surface area contributed by atoms with Crippen molar-refractivity contribution in [3.8, 4) is 5.75 Å². The molecule has 14 heavy (non-hydrogen) atoms. The van der Waals surface area contributed by atoms with Gasteiger partial charge in [-0.15, -0.1) is 11.3 Å². The maximum absolute atomic E-state index is 10.5. The first-order valence-corrected chi connectivity index (χ1v) is 6.45. The molecule has 0 saturated carbocycles. The molecule has 1 rings (SSSR count). The lowest BCUT2D eigenvalue weighted by atomic mass is 10.4. The van der Waals surface area contributed by atoms with Crippen LogP contribution in [0.2, 0.25) is 0 Å². The maximum atomic E-state index is 10.5. The summed E-state index contributed by atoms with van der Waals surface area (Å²) in [6.45, 7) is 0.649. The molecule has 0 bridgehead atoms. The van der Waals surface area contributed by atoms with E-state index in [-0.39, 0.29) is 0 Å². The summed E-state index contributed by atoms with van der Waals surface area (Å²) in [7, 11) is 0. The first-order valence-electron chi connectivity index (χ1n) is 4.17. The van der Waals surface area contributed by atoms with Gasteiger partial charge in [0.15, 0.2) is 0 Å². The Hall–Kier alpha value is -0.680. The minimum atomic E-state index is -0.894. The highest BCUT2D eigenvalue weighted by Crippen LogP contribution is 2.21. The van der Waals surface area contributed by atoms with Crippen LogP contribution in [-0.4, -0.2) is 29.7 Å². The minimum absolute atomic E-state index is 0.324. The largest absolute Gasteiger partial charge is 0.493 e. The SMILES string of the molecule is CSCCCOc1csc(C(=O)O)c1. The van der Waals surface area contributed by atoms with Crippen LogP contribution in [0.5, 0.6) is 5.75 Å². The van der Waals surface area contributed by atoms with Crippen LogP contribution in [-0.2, 0) is 0 Å². The molecule has 3 nitrogen and oxygen atoms in total. The third-order valence-electron chi connectivity index (χ3n) is 1.55. The molecule has 0 saturated heterocycles. The van der Waals surface area contributed by atoms with Crippen LogP contribution >= 0.6 is 23.1 Å². The standard InChI is InChI=1S/C9H12O3S2/c1-13-4-2-3-12-7-5-8(9(10)11)14-6-7/h5-6H,2-4H2,1H3,(H,10,11). The highest BCUT2D eigenvalue weighted by atomic mass is 32.2. The lowest BCUT2D eigenvalue weighted by Gasteiger charge is -2.01. The van der Waals surface area contributed by atoms with Crippen molar-refractivity contribution in [1.29, 1.82) is 0 Å². The zero-order chi connectivity index (χ0) is 10.4. The summed E-state index contributed by atoms with van der Waals surface area (Å²) in [4.78, 5) is 10.9. The summed E-state index contributed by atoms with van der Waals surface area (Å²) in [5.41, 5.74) is 0. The number of rotatable bonds is 6. The van der Waals surface area contributed by atoms with Crippen molar-refractivity contribution in [2.75, 3.05) is 18.6 Å². The fourth-order valence-corrected chi connectivity index (χ4v) is 1.97. The second-order valence-electron chi connectivity index (χ2n) is 2.65. The molecule has 1 N–H and O–H groups in total. The monoisotopic (exact) mass is 232 g/mol. The fraction of sp³-hybridized carbons (Fsp3) is 0.444. The zero-order valence-corrected chi connectivity index (χ0v) is 9.49. The Kier molecular flexibility index (Phi) is 4.82. The maximum Gasteiger partial charge on any atom is 0.346 e. The molecule has 1 heterocycles. The van der Waals surface area contributed by atoms with Gasteiger partial charge in [-0.3, -0.25) is 0 Å². The van der Waals surface area contributed by atoms with E-state index in [4.69, 9.17) is 9.84 Å². The molecule has 0 aliphatic heterocycles. The van der Waals surface area contributed by atoms with Gasteiger partial charge in [0.25, 0.3) is 0 Å².